The van der Waals surface area contributed by atoms with Crippen molar-refractivity contribution in [3.63, 3.8) is 0 Å². The average molecular weight is 429 g/mol. The van der Waals surface area contributed by atoms with Crippen LogP contribution in [-0.4, -0.2) is 49.5 Å². The molecule has 2 N–H and O–H groups in total. The third-order valence-electron chi connectivity index (χ3n) is 5.11. The second-order valence-electron chi connectivity index (χ2n) is 8.51. The number of carbonyl (C=O) groups is 2. The van der Waals surface area contributed by atoms with Gasteiger partial charge in [0, 0.05) is 12.6 Å². The molecule has 1 aliphatic carbocycles. The van der Waals surface area contributed by atoms with Crippen LogP contribution in [0.2, 0.25) is 0 Å². The van der Waals surface area contributed by atoms with Gasteiger partial charge in [0.2, 0.25) is 5.13 Å². The zero-order valence-corrected chi connectivity index (χ0v) is 19.0. The molecule has 0 atom stereocenters. The van der Waals surface area contributed by atoms with Gasteiger partial charge in [0.15, 0.2) is 4.34 Å². The van der Waals surface area contributed by atoms with Crippen molar-refractivity contribution in [2.24, 2.45) is 11.8 Å². The number of hydrogen-bond acceptors (Lipinski definition) is 6. The minimum atomic E-state index is -0.997. The molecule has 28 heavy (non-hydrogen) atoms. The van der Waals surface area contributed by atoms with E-state index in [-0.39, 0.29) is 12.1 Å². The Kier molecular flexibility index (Phi) is 8.12. The summed E-state index contributed by atoms with van der Waals surface area (Å²) >= 11 is 2.35. The van der Waals surface area contributed by atoms with E-state index in [0.717, 1.165) is 56.3 Å². The quantitative estimate of drug-likeness (QED) is 0.449. The van der Waals surface area contributed by atoms with Crippen molar-refractivity contribution in [2.45, 2.75) is 81.9 Å². The molecule has 1 heterocycles. The maximum absolute atomic E-state index is 13.0. The predicted molar refractivity (Wildman–Crippen MR) is 114 cm³/mol. The summed E-state index contributed by atoms with van der Waals surface area (Å²) in [4.78, 5) is 26.2. The first kappa shape index (κ1) is 22.9. The molecule has 1 aliphatic rings. The number of carboxylic acid groups (broad SMARTS) is 1. The highest BCUT2D eigenvalue weighted by molar-refractivity contribution is 8.03. The van der Waals surface area contributed by atoms with Crippen molar-refractivity contribution < 1.29 is 14.7 Å². The molecule has 0 aromatic carbocycles. The number of nitrogens with one attached hydrogen (secondary N) is 1. The minimum absolute atomic E-state index is 0.134. The van der Waals surface area contributed by atoms with Crippen molar-refractivity contribution in [1.82, 2.24) is 15.1 Å². The summed E-state index contributed by atoms with van der Waals surface area (Å²) in [7, 11) is 0. The number of urea groups is 1. The van der Waals surface area contributed by atoms with Crippen LogP contribution in [0.3, 0.4) is 0 Å². The van der Waals surface area contributed by atoms with Crippen molar-refractivity contribution in [2.75, 3.05) is 11.9 Å². The lowest BCUT2D eigenvalue weighted by Crippen LogP contribution is -2.45. The molecular formula is C19H32N4O3S2. The number of aromatic nitrogens is 2. The maximum atomic E-state index is 13.0. The third kappa shape index (κ3) is 6.62. The Balaban J connectivity index is 2.03. The van der Waals surface area contributed by atoms with Crippen LogP contribution in [0.4, 0.5) is 9.93 Å². The molecule has 158 valence electrons. The van der Waals surface area contributed by atoms with Crippen LogP contribution in [-0.2, 0) is 4.79 Å². The van der Waals surface area contributed by atoms with Crippen LogP contribution < -0.4 is 5.32 Å². The summed E-state index contributed by atoms with van der Waals surface area (Å²) < 4.78 is -0.467. The first-order valence-electron chi connectivity index (χ1n) is 9.92. The molecule has 2 rings (SSSR count). The lowest BCUT2D eigenvalue weighted by molar-refractivity contribution is -0.138. The average Bonchev–Trinajstić information content (AvgIpc) is 3.02. The molecule has 1 aromatic rings. The number of carbonyl (C=O) groups excluding carboxylic acids is 1. The smallest absolute Gasteiger partial charge is 0.323 e. The molecule has 7 nitrogen and oxygen atoms in total. The molecule has 1 aromatic heterocycles. The van der Waals surface area contributed by atoms with Gasteiger partial charge in [-0.25, -0.2) is 4.79 Å². The first-order valence-corrected chi connectivity index (χ1v) is 11.5. The van der Waals surface area contributed by atoms with Crippen LogP contribution in [0.25, 0.3) is 0 Å². The largest absolute Gasteiger partial charge is 0.480 e. The van der Waals surface area contributed by atoms with Crippen LogP contribution in [0, 0.1) is 11.8 Å². The molecule has 0 saturated heterocycles. The molecular weight excluding hydrogens is 396 g/mol. The number of rotatable bonds is 8. The summed E-state index contributed by atoms with van der Waals surface area (Å²) in [5.74, 6) is 0.344. The predicted octanol–water partition coefficient (Wildman–Crippen LogP) is 4.95. The van der Waals surface area contributed by atoms with E-state index < -0.39 is 10.7 Å². The van der Waals surface area contributed by atoms with Gasteiger partial charge in [-0.1, -0.05) is 43.9 Å². The van der Waals surface area contributed by atoms with Gasteiger partial charge in [0.05, 0.1) is 0 Å². The van der Waals surface area contributed by atoms with Gasteiger partial charge in [-0.3, -0.25) is 10.1 Å². The standard InChI is InChI=1S/C19H32N4O3S2/c1-12(2)10-11-23(14-8-6-13(3)7-9-14)17(26)20-16-21-22-18(27-16)28-19(4,5)15(24)25/h12-14H,6-11H2,1-5H3,(H,24,25)(H,20,21,26)/t13-,14-. The number of thioether (sulfide) groups is 1. The molecule has 0 bridgehead atoms. The number of hydrogen-bond donors (Lipinski definition) is 2. The van der Waals surface area contributed by atoms with E-state index in [1.807, 2.05) is 4.90 Å². The molecule has 0 spiro atoms. The first-order chi connectivity index (χ1) is 13.1. The summed E-state index contributed by atoms with van der Waals surface area (Å²) in [5.41, 5.74) is 0. The van der Waals surface area contributed by atoms with E-state index in [0.29, 0.717) is 15.4 Å². The number of aliphatic carboxylic acids is 1. The van der Waals surface area contributed by atoms with Crippen LogP contribution in [0.15, 0.2) is 4.34 Å². The Morgan fingerprint density at radius 2 is 1.93 bits per heavy atom. The fraction of sp³-hybridized carbons (Fsp3) is 0.789. The SMILES string of the molecule is CC(C)CCN(C(=O)Nc1nnc(SC(C)(C)C(=O)O)s1)[C@H]1CC[C@H](C)CC1. The second kappa shape index (κ2) is 9.91. The molecule has 0 aliphatic heterocycles. The highest BCUT2D eigenvalue weighted by Crippen LogP contribution is 2.36. The topological polar surface area (TPSA) is 95.4 Å². The van der Waals surface area contributed by atoms with Gasteiger partial charge in [0.1, 0.15) is 4.75 Å². The maximum Gasteiger partial charge on any atom is 0.323 e. The van der Waals surface area contributed by atoms with Gasteiger partial charge >= 0.3 is 12.0 Å². The van der Waals surface area contributed by atoms with Crippen LogP contribution >= 0.6 is 23.1 Å². The normalized spacial score (nSPS) is 20.2. The Labute approximate surface area is 175 Å². The van der Waals surface area contributed by atoms with Crippen molar-refractivity contribution in [3.8, 4) is 0 Å². The molecule has 0 unspecified atom stereocenters. The van der Waals surface area contributed by atoms with E-state index in [9.17, 15) is 14.7 Å². The number of nitrogens with zero attached hydrogens (tertiary/aromatic N) is 3. The van der Waals surface area contributed by atoms with E-state index >= 15 is 0 Å². The van der Waals surface area contributed by atoms with Gasteiger partial charge in [-0.05, 0) is 57.8 Å². The van der Waals surface area contributed by atoms with Crippen LogP contribution in [0.5, 0.6) is 0 Å². The lowest BCUT2D eigenvalue weighted by Gasteiger charge is -2.36. The van der Waals surface area contributed by atoms with Gasteiger partial charge in [-0.2, -0.15) is 0 Å². The third-order valence-corrected chi connectivity index (χ3v) is 7.19. The van der Waals surface area contributed by atoms with Crippen LogP contribution in [0.1, 0.15) is 66.7 Å². The van der Waals surface area contributed by atoms with Gasteiger partial charge in [0.25, 0.3) is 0 Å². The van der Waals surface area contributed by atoms with Gasteiger partial charge < -0.3 is 10.0 Å². The fourth-order valence-electron chi connectivity index (χ4n) is 3.13. The van der Waals surface area contributed by atoms with E-state index in [4.69, 9.17) is 0 Å². The van der Waals surface area contributed by atoms with Crippen molar-refractivity contribution in [1.29, 1.82) is 0 Å². The minimum Gasteiger partial charge on any atom is -0.480 e. The van der Waals surface area contributed by atoms with Crippen molar-refractivity contribution in [3.05, 3.63) is 0 Å². The number of anilines is 1. The Morgan fingerprint density at radius 3 is 2.50 bits per heavy atom. The molecule has 9 heteroatoms. The molecule has 2 amide bonds. The number of amides is 2. The molecule has 0 radical (unpaired) electrons. The number of carboxylic acids is 1. The summed E-state index contributed by atoms with van der Waals surface area (Å²) in [6.07, 6.45) is 5.34. The Morgan fingerprint density at radius 1 is 1.29 bits per heavy atom. The fourth-order valence-corrected chi connectivity index (χ4v) is 5.23. The van der Waals surface area contributed by atoms with Gasteiger partial charge in [-0.15, -0.1) is 10.2 Å². The van der Waals surface area contributed by atoms with E-state index in [1.54, 1.807) is 13.8 Å². The summed E-state index contributed by atoms with van der Waals surface area (Å²) in [6.45, 7) is 10.6. The van der Waals surface area contributed by atoms with E-state index in [1.165, 1.54) is 11.3 Å². The second-order valence-corrected chi connectivity index (χ2v) is 11.4. The summed E-state index contributed by atoms with van der Waals surface area (Å²) in [5, 5.41) is 20.6. The monoisotopic (exact) mass is 428 g/mol. The lowest BCUT2D eigenvalue weighted by atomic mass is 9.86. The van der Waals surface area contributed by atoms with E-state index in [2.05, 4.69) is 36.3 Å². The highest BCUT2D eigenvalue weighted by atomic mass is 32.2. The molecule has 1 saturated carbocycles. The summed E-state index contributed by atoms with van der Waals surface area (Å²) in [6, 6.07) is 0.132. The molecule has 1 fully saturated rings. The zero-order chi connectivity index (χ0) is 20.9. The van der Waals surface area contributed by atoms with Crippen molar-refractivity contribution >= 4 is 40.2 Å². The highest BCUT2D eigenvalue weighted by Gasteiger charge is 2.31. The Bertz CT molecular complexity index is 670. The zero-order valence-electron chi connectivity index (χ0n) is 17.4. The Hall–Kier alpha value is -1.35.